The van der Waals surface area contributed by atoms with Crippen LogP contribution >= 0.6 is 0 Å². The van der Waals surface area contributed by atoms with E-state index in [-0.39, 0.29) is 31.0 Å². The number of carbonyl (C=O) groups is 4. The van der Waals surface area contributed by atoms with Gasteiger partial charge >= 0.3 is 12.2 Å². The van der Waals surface area contributed by atoms with Crippen molar-refractivity contribution in [1.82, 2.24) is 20.0 Å². The van der Waals surface area contributed by atoms with Crippen LogP contribution in [0.5, 0.6) is 5.75 Å². The molecule has 2 aromatic carbocycles. The Bertz CT molecular complexity index is 1330. The number of carbonyl (C=O) groups excluding carboxylic acids is 4. The molecule has 0 spiro atoms. The van der Waals surface area contributed by atoms with Crippen molar-refractivity contribution in [2.45, 2.75) is 90.4 Å². The van der Waals surface area contributed by atoms with Crippen molar-refractivity contribution in [3.8, 4) is 5.75 Å². The molecular formula is C34H46N4O7. The van der Waals surface area contributed by atoms with Gasteiger partial charge in [0, 0.05) is 13.6 Å². The molecule has 2 aliphatic heterocycles. The minimum Gasteiger partial charge on any atom is -0.486 e. The standard InChI is InChI=1S/C34H46N4O7/c1-22(2)28(35-30(39)23(3)36(7)32(41)43-21-24-14-10-8-11-15-24)31(40)37-19-18-26-29(37)27(44-25-16-12-9-13-17-25)20-38(26)33(42)45-34(4,5)6/h8-17,22-23,26-29H,18-21H2,1-7H3,(H,35,39)/t23-,26+,27-,28?,29-/m0/s1. The molecule has 0 aliphatic carbocycles. The molecule has 0 aromatic heterocycles. The zero-order valence-corrected chi connectivity index (χ0v) is 27.3. The third-order valence-corrected chi connectivity index (χ3v) is 8.20. The molecule has 2 saturated heterocycles. The lowest BCUT2D eigenvalue weighted by molar-refractivity contribution is -0.140. The molecule has 11 heteroatoms. The second kappa shape index (κ2) is 14.2. The van der Waals surface area contributed by atoms with Gasteiger partial charge in [0.1, 0.15) is 36.1 Å². The zero-order valence-electron chi connectivity index (χ0n) is 27.3. The fourth-order valence-electron chi connectivity index (χ4n) is 5.71. The molecule has 2 heterocycles. The highest BCUT2D eigenvalue weighted by Crippen LogP contribution is 2.36. The predicted octanol–water partition coefficient (Wildman–Crippen LogP) is 4.45. The van der Waals surface area contributed by atoms with Crippen molar-refractivity contribution in [1.29, 1.82) is 0 Å². The average molecular weight is 623 g/mol. The molecule has 2 fully saturated rings. The number of fused-ring (bicyclic) bond motifs is 1. The Morgan fingerprint density at radius 3 is 2.18 bits per heavy atom. The minimum absolute atomic E-state index is 0.0789. The van der Waals surface area contributed by atoms with Crippen molar-refractivity contribution in [2.75, 3.05) is 20.1 Å². The first kappa shape index (κ1) is 33.6. The van der Waals surface area contributed by atoms with Crippen LogP contribution < -0.4 is 10.1 Å². The van der Waals surface area contributed by atoms with Crippen molar-refractivity contribution in [2.24, 2.45) is 5.92 Å². The first-order valence-corrected chi connectivity index (χ1v) is 15.5. The molecule has 2 aliphatic rings. The highest BCUT2D eigenvalue weighted by molar-refractivity contribution is 5.91. The number of likely N-dealkylation sites (tertiary alicyclic amines) is 2. The second-order valence-electron chi connectivity index (χ2n) is 13.0. The molecule has 0 bridgehead atoms. The van der Waals surface area contributed by atoms with E-state index in [9.17, 15) is 19.2 Å². The number of rotatable bonds is 9. The van der Waals surface area contributed by atoms with Crippen LogP contribution in [-0.2, 0) is 25.7 Å². The molecule has 4 rings (SSSR count). The maximum Gasteiger partial charge on any atom is 0.410 e. The Morgan fingerprint density at radius 2 is 1.58 bits per heavy atom. The summed E-state index contributed by atoms with van der Waals surface area (Å²) in [5, 5.41) is 2.89. The molecule has 2 aromatic rings. The highest BCUT2D eigenvalue weighted by Gasteiger charge is 2.55. The summed E-state index contributed by atoms with van der Waals surface area (Å²) >= 11 is 0. The molecule has 0 saturated carbocycles. The van der Waals surface area contributed by atoms with Crippen molar-refractivity contribution >= 4 is 24.0 Å². The number of hydrogen-bond acceptors (Lipinski definition) is 7. The molecule has 11 nitrogen and oxygen atoms in total. The largest absolute Gasteiger partial charge is 0.486 e. The molecule has 45 heavy (non-hydrogen) atoms. The molecule has 4 amide bonds. The molecular weight excluding hydrogens is 576 g/mol. The Morgan fingerprint density at radius 1 is 0.956 bits per heavy atom. The Kier molecular flexibility index (Phi) is 10.6. The average Bonchev–Trinajstić information content (AvgIpc) is 3.59. The van der Waals surface area contributed by atoms with Crippen molar-refractivity contribution in [3.63, 3.8) is 0 Å². The lowest BCUT2D eigenvalue weighted by Gasteiger charge is -2.34. The maximum atomic E-state index is 14.2. The van der Waals surface area contributed by atoms with E-state index in [1.807, 2.05) is 95.3 Å². The van der Waals surface area contributed by atoms with Crippen LogP contribution in [0.25, 0.3) is 0 Å². The van der Waals surface area contributed by atoms with Crippen LogP contribution in [0.1, 0.15) is 53.5 Å². The van der Waals surface area contributed by atoms with Gasteiger partial charge in [0.05, 0.1) is 18.6 Å². The van der Waals surface area contributed by atoms with Gasteiger partial charge in [0.25, 0.3) is 0 Å². The summed E-state index contributed by atoms with van der Waals surface area (Å²) < 4.78 is 17.5. The Labute approximate surface area is 265 Å². The molecule has 244 valence electrons. The number of amides is 4. The molecule has 1 N–H and O–H groups in total. The third kappa shape index (κ3) is 8.26. The van der Waals surface area contributed by atoms with Crippen LogP contribution in [0.3, 0.4) is 0 Å². The first-order valence-electron chi connectivity index (χ1n) is 15.5. The van der Waals surface area contributed by atoms with E-state index in [4.69, 9.17) is 14.2 Å². The van der Waals surface area contributed by atoms with E-state index in [1.54, 1.807) is 16.7 Å². The number of ether oxygens (including phenoxy) is 3. The minimum atomic E-state index is -0.892. The van der Waals surface area contributed by atoms with Gasteiger partial charge in [0.15, 0.2) is 0 Å². The third-order valence-electron chi connectivity index (χ3n) is 8.20. The molecule has 5 atom stereocenters. The fraction of sp³-hybridized carbons (Fsp3) is 0.529. The summed E-state index contributed by atoms with van der Waals surface area (Å²) in [6.45, 7) is 11.5. The smallest absolute Gasteiger partial charge is 0.410 e. The van der Waals surface area contributed by atoms with Crippen molar-refractivity contribution < 1.29 is 33.4 Å². The summed E-state index contributed by atoms with van der Waals surface area (Å²) in [4.78, 5) is 58.1. The zero-order chi connectivity index (χ0) is 32.9. The fourth-order valence-corrected chi connectivity index (χ4v) is 5.71. The highest BCUT2D eigenvalue weighted by atomic mass is 16.6. The van der Waals surface area contributed by atoms with E-state index < -0.39 is 47.9 Å². The number of benzene rings is 2. The van der Waals surface area contributed by atoms with Gasteiger partial charge < -0.3 is 24.4 Å². The summed E-state index contributed by atoms with van der Waals surface area (Å²) in [7, 11) is 1.49. The van der Waals surface area contributed by atoms with Crippen LogP contribution in [0.4, 0.5) is 9.59 Å². The van der Waals surface area contributed by atoms with Gasteiger partial charge in [-0.15, -0.1) is 0 Å². The quantitative estimate of drug-likeness (QED) is 0.439. The number of nitrogens with zero attached hydrogens (tertiary/aromatic N) is 3. The summed E-state index contributed by atoms with van der Waals surface area (Å²) in [5.41, 5.74) is 0.154. The maximum absolute atomic E-state index is 14.2. The second-order valence-corrected chi connectivity index (χ2v) is 13.0. The van der Waals surface area contributed by atoms with Gasteiger partial charge in [0.2, 0.25) is 11.8 Å². The number of nitrogens with one attached hydrogen (secondary N) is 1. The van der Waals surface area contributed by atoms with Gasteiger partial charge in [-0.1, -0.05) is 62.4 Å². The van der Waals surface area contributed by atoms with Gasteiger partial charge in [-0.05, 0) is 57.7 Å². The van der Waals surface area contributed by atoms with E-state index in [1.165, 1.54) is 11.9 Å². The number of para-hydroxylation sites is 1. The monoisotopic (exact) mass is 622 g/mol. The molecule has 1 unspecified atom stereocenters. The van der Waals surface area contributed by atoms with E-state index >= 15 is 0 Å². The number of hydrogen-bond donors (Lipinski definition) is 1. The van der Waals surface area contributed by atoms with Gasteiger partial charge in [-0.3, -0.25) is 19.4 Å². The van der Waals surface area contributed by atoms with Gasteiger partial charge in [-0.2, -0.15) is 0 Å². The SMILES string of the molecule is CC(C)C(NC(=O)[C@H](C)N(C)C(=O)OCc1ccccc1)C(=O)N1CC[C@@H]2[C@H]1[C@@H](Oc1ccccc1)CN2C(=O)OC(C)(C)C. The van der Waals surface area contributed by atoms with E-state index in [0.717, 1.165) is 5.56 Å². The topological polar surface area (TPSA) is 118 Å². The van der Waals surface area contributed by atoms with Gasteiger partial charge in [-0.25, -0.2) is 9.59 Å². The van der Waals surface area contributed by atoms with Crippen LogP contribution in [0.15, 0.2) is 60.7 Å². The summed E-state index contributed by atoms with van der Waals surface area (Å²) in [6.07, 6.45) is -1.04. The normalized spacial score (nSPS) is 20.7. The predicted molar refractivity (Wildman–Crippen MR) is 168 cm³/mol. The lowest BCUT2D eigenvalue weighted by Crippen LogP contribution is -2.58. The first-order chi connectivity index (χ1) is 21.3. The van der Waals surface area contributed by atoms with Crippen molar-refractivity contribution in [3.05, 3.63) is 66.2 Å². The summed E-state index contributed by atoms with van der Waals surface area (Å²) in [5.74, 6) is -0.355. The van der Waals surface area contributed by atoms with Crippen LogP contribution in [-0.4, -0.2) is 94.7 Å². The van der Waals surface area contributed by atoms with E-state index in [0.29, 0.717) is 18.7 Å². The molecule has 0 radical (unpaired) electrons. The van der Waals surface area contributed by atoms with Crippen LogP contribution in [0, 0.1) is 5.92 Å². The Hall–Kier alpha value is -4.28. The Balaban J connectivity index is 1.47. The number of likely N-dealkylation sites (N-methyl/N-ethyl adjacent to an activating group) is 1. The lowest BCUT2D eigenvalue weighted by atomic mass is 10.0. The van der Waals surface area contributed by atoms with Crippen LogP contribution in [0.2, 0.25) is 0 Å². The summed E-state index contributed by atoms with van der Waals surface area (Å²) in [6, 6.07) is 16.1. The van der Waals surface area contributed by atoms with E-state index in [2.05, 4.69) is 5.32 Å².